The first-order chi connectivity index (χ1) is 9.61. The first kappa shape index (κ1) is 14.4. The van der Waals surface area contributed by atoms with Gasteiger partial charge in [-0.2, -0.15) is 0 Å². The van der Waals surface area contributed by atoms with E-state index in [1.807, 2.05) is 0 Å². The number of halogens is 1. The minimum Gasteiger partial charge on any atom is -0.370 e. The van der Waals surface area contributed by atoms with Crippen molar-refractivity contribution in [3.8, 4) is 0 Å². The maximum Gasteiger partial charge on any atom is 0.0511 e. The van der Waals surface area contributed by atoms with Gasteiger partial charge in [-0.25, -0.2) is 0 Å². The predicted molar refractivity (Wildman–Crippen MR) is 89.2 cm³/mol. The van der Waals surface area contributed by atoms with Crippen LogP contribution in [0.3, 0.4) is 0 Å². The molecule has 1 N–H and O–H groups in total. The van der Waals surface area contributed by atoms with Gasteiger partial charge in [0.05, 0.1) is 5.69 Å². The average Bonchev–Trinajstić information content (AvgIpc) is 3.19. The van der Waals surface area contributed by atoms with Crippen LogP contribution in [0.1, 0.15) is 38.7 Å². The van der Waals surface area contributed by atoms with E-state index < -0.39 is 0 Å². The van der Waals surface area contributed by atoms with E-state index in [0.29, 0.717) is 0 Å². The number of nitrogens with zero attached hydrogens (tertiary/aromatic N) is 1. The number of hydrogen-bond acceptors (Lipinski definition) is 2. The van der Waals surface area contributed by atoms with E-state index >= 15 is 0 Å². The quantitative estimate of drug-likeness (QED) is 0.887. The molecule has 20 heavy (non-hydrogen) atoms. The van der Waals surface area contributed by atoms with Gasteiger partial charge >= 0.3 is 0 Å². The summed E-state index contributed by atoms with van der Waals surface area (Å²) in [6.07, 6.45) is 4.06. The van der Waals surface area contributed by atoms with E-state index in [0.717, 1.165) is 24.4 Å². The Kier molecular flexibility index (Phi) is 4.37. The lowest BCUT2D eigenvalue weighted by Gasteiger charge is -2.37. The highest BCUT2D eigenvalue weighted by molar-refractivity contribution is 9.10. The fourth-order valence-electron chi connectivity index (χ4n) is 3.33. The number of piperidine rings is 1. The van der Waals surface area contributed by atoms with E-state index in [4.69, 9.17) is 0 Å². The third kappa shape index (κ3) is 3.56. The van der Waals surface area contributed by atoms with Crippen molar-refractivity contribution in [2.24, 2.45) is 11.8 Å². The second-order valence-electron chi connectivity index (χ2n) is 6.79. The first-order valence-corrected chi connectivity index (χ1v) is 8.68. The van der Waals surface area contributed by atoms with Gasteiger partial charge in [0.25, 0.3) is 0 Å². The van der Waals surface area contributed by atoms with Crippen LogP contribution in [0.5, 0.6) is 0 Å². The SMILES string of the molecule is CC1CC(C)CN(c2ccc(CNC3CC3)cc2Br)C1. The molecule has 1 saturated carbocycles. The molecule has 2 nitrogen and oxygen atoms in total. The van der Waals surface area contributed by atoms with Crippen molar-refractivity contribution in [3.63, 3.8) is 0 Å². The molecule has 1 aromatic carbocycles. The lowest BCUT2D eigenvalue weighted by Crippen LogP contribution is -2.38. The van der Waals surface area contributed by atoms with E-state index in [1.54, 1.807) is 0 Å². The van der Waals surface area contributed by atoms with Crippen molar-refractivity contribution in [3.05, 3.63) is 28.2 Å². The second kappa shape index (κ2) is 6.07. The van der Waals surface area contributed by atoms with Crippen molar-refractivity contribution >= 4 is 21.6 Å². The molecule has 1 aliphatic heterocycles. The van der Waals surface area contributed by atoms with Crippen LogP contribution in [0, 0.1) is 11.8 Å². The van der Waals surface area contributed by atoms with Gasteiger partial charge in [-0.15, -0.1) is 0 Å². The van der Waals surface area contributed by atoms with Crippen LogP contribution in [0.25, 0.3) is 0 Å². The highest BCUT2D eigenvalue weighted by Crippen LogP contribution is 2.32. The number of anilines is 1. The summed E-state index contributed by atoms with van der Waals surface area (Å²) in [6, 6.07) is 7.63. The van der Waals surface area contributed by atoms with E-state index in [1.165, 1.54) is 48.1 Å². The largest absolute Gasteiger partial charge is 0.370 e. The minimum atomic E-state index is 0.775. The molecular formula is C17H25BrN2. The summed E-state index contributed by atoms with van der Waals surface area (Å²) in [6.45, 7) is 8.09. The molecular weight excluding hydrogens is 312 g/mol. The minimum absolute atomic E-state index is 0.775. The Balaban J connectivity index is 1.69. The molecule has 3 heteroatoms. The molecule has 1 saturated heterocycles. The van der Waals surface area contributed by atoms with E-state index in [9.17, 15) is 0 Å². The maximum atomic E-state index is 3.78. The van der Waals surface area contributed by atoms with Gasteiger partial charge in [0.2, 0.25) is 0 Å². The van der Waals surface area contributed by atoms with Crippen molar-refractivity contribution < 1.29 is 0 Å². The molecule has 0 aromatic heterocycles. The summed E-state index contributed by atoms with van der Waals surface area (Å²) < 4.78 is 1.24. The lowest BCUT2D eigenvalue weighted by atomic mass is 9.91. The van der Waals surface area contributed by atoms with E-state index in [2.05, 4.69) is 58.2 Å². The molecule has 0 bridgehead atoms. The second-order valence-corrected chi connectivity index (χ2v) is 7.65. The van der Waals surface area contributed by atoms with Gasteiger partial charge < -0.3 is 10.2 Å². The van der Waals surface area contributed by atoms with Gasteiger partial charge in [0.15, 0.2) is 0 Å². The molecule has 1 aromatic rings. The average molecular weight is 337 g/mol. The van der Waals surface area contributed by atoms with Crippen molar-refractivity contribution in [1.82, 2.24) is 5.32 Å². The van der Waals surface area contributed by atoms with Gasteiger partial charge in [0, 0.05) is 30.1 Å². The monoisotopic (exact) mass is 336 g/mol. The number of nitrogens with one attached hydrogen (secondary N) is 1. The third-order valence-electron chi connectivity index (χ3n) is 4.39. The van der Waals surface area contributed by atoms with Crippen molar-refractivity contribution in [2.45, 2.75) is 45.7 Å². The van der Waals surface area contributed by atoms with Gasteiger partial charge in [0.1, 0.15) is 0 Å². The van der Waals surface area contributed by atoms with Crippen LogP contribution in [0.4, 0.5) is 5.69 Å². The number of rotatable bonds is 4. The molecule has 3 rings (SSSR count). The van der Waals surface area contributed by atoms with Gasteiger partial charge in [-0.3, -0.25) is 0 Å². The van der Waals surface area contributed by atoms with Crippen LogP contribution in [-0.2, 0) is 6.54 Å². The third-order valence-corrected chi connectivity index (χ3v) is 5.03. The summed E-state index contributed by atoms with van der Waals surface area (Å²) in [7, 11) is 0. The Bertz CT molecular complexity index is 460. The summed E-state index contributed by atoms with van der Waals surface area (Å²) in [5.41, 5.74) is 2.74. The molecule has 2 aliphatic rings. The Labute approximate surface area is 131 Å². The van der Waals surface area contributed by atoms with E-state index in [-0.39, 0.29) is 0 Å². The molecule has 1 heterocycles. The summed E-state index contributed by atoms with van der Waals surface area (Å²) in [4.78, 5) is 2.54. The zero-order valence-corrected chi connectivity index (χ0v) is 14.1. The zero-order chi connectivity index (χ0) is 14.1. The van der Waals surface area contributed by atoms with Crippen molar-refractivity contribution in [2.75, 3.05) is 18.0 Å². The lowest BCUT2D eigenvalue weighted by molar-refractivity contribution is 0.356. The maximum absolute atomic E-state index is 3.78. The van der Waals surface area contributed by atoms with Gasteiger partial charge in [-0.05, 0) is 64.7 Å². The topological polar surface area (TPSA) is 15.3 Å². The Morgan fingerprint density at radius 2 is 1.90 bits per heavy atom. The molecule has 2 unspecified atom stereocenters. The van der Waals surface area contributed by atoms with Gasteiger partial charge in [-0.1, -0.05) is 19.9 Å². The first-order valence-electron chi connectivity index (χ1n) is 7.88. The molecule has 1 aliphatic carbocycles. The van der Waals surface area contributed by atoms with Crippen LogP contribution in [-0.4, -0.2) is 19.1 Å². The molecule has 0 spiro atoms. The summed E-state index contributed by atoms with van der Waals surface area (Å²) in [5, 5.41) is 3.58. The van der Waals surface area contributed by atoms with Crippen LogP contribution >= 0.6 is 15.9 Å². The number of hydrogen-bond donors (Lipinski definition) is 1. The number of benzene rings is 1. The standard InChI is InChI=1S/C17H25BrN2/c1-12-7-13(2)11-20(10-12)17-6-3-14(8-16(17)18)9-19-15-4-5-15/h3,6,8,12-13,15,19H,4-5,7,9-11H2,1-2H3. The zero-order valence-electron chi connectivity index (χ0n) is 12.5. The highest BCUT2D eigenvalue weighted by Gasteiger charge is 2.23. The van der Waals surface area contributed by atoms with Crippen LogP contribution in [0.2, 0.25) is 0 Å². The highest BCUT2D eigenvalue weighted by atomic mass is 79.9. The Morgan fingerprint density at radius 1 is 1.20 bits per heavy atom. The van der Waals surface area contributed by atoms with Crippen molar-refractivity contribution in [1.29, 1.82) is 0 Å². The van der Waals surface area contributed by atoms with Crippen LogP contribution < -0.4 is 10.2 Å². The Morgan fingerprint density at radius 3 is 2.50 bits per heavy atom. The van der Waals surface area contributed by atoms with Crippen LogP contribution in [0.15, 0.2) is 22.7 Å². The Hall–Kier alpha value is -0.540. The molecule has 110 valence electrons. The summed E-state index contributed by atoms with van der Waals surface area (Å²) >= 11 is 3.78. The predicted octanol–water partition coefficient (Wildman–Crippen LogP) is 4.18. The fourth-order valence-corrected chi connectivity index (χ4v) is 4.00. The molecule has 0 radical (unpaired) electrons. The molecule has 2 atom stereocenters. The molecule has 0 amide bonds. The smallest absolute Gasteiger partial charge is 0.0511 e. The summed E-state index contributed by atoms with van der Waals surface area (Å²) in [5.74, 6) is 1.59. The normalized spacial score (nSPS) is 26.9. The fraction of sp³-hybridized carbons (Fsp3) is 0.647. The molecule has 2 fully saturated rings.